The van der Waals surface area contributed by atoms with Crippen LogP contribution in [0.15, 0.2) is 34.5 Å². The van der Waals surface area contributed by atoms with Crippen molar-refractivity contribution >= 4 is 34.0 Å². The third-order valence-electron chi connectivity index (χ3n) is 3.58. The van der Waals surface area contributed by atoms with E-state index in [2.05, 4.69) is 5.32 Å². The van der Waals surface area contributed by atoms with Crippen LogP contribution >= 0.6 is 23.1 Å². The van der Waals surface area contributed by atoms with Crippen LogP contribution in [-0.4, -0.2) is 29.8 Å². The standard InChI is InChI=1S/C16H16N2O5S2/c1-10(11-2-3-12-13(8-11)23-6-5-22-12)17-15(19)9-25-14-4-7-24-16(14)18(20)21/h2-4,7-8,10H,5-6,9H2,1H3,(H,17,19)/t10-/m1/s1. The van der Waals surface area contributed by atoms with Crippen molar-refractivity contribution in [3.63, 3.8) is 0 Å². The van der Waals surface area contributed by atoms with Gasteiger partial charge >= 0.3 is 5.00 Å². The molecule has 1 amide bonds. The number of rotatable bonds is 6. The summed E-state index contributed by atoms with van der Waals surface area (Å²) in [6, 6.07) is 7.02. The van der Waals surface area contributed by atoms with E-state index in [4.69, 9.17) is 9.47 Å². The maximum Gasteiger partial charge on any atom is 0.337 e. The van der Waals surface area contributed by atoms with E-state index in [0.29, 0.717) is 29.6 Å². The van der Waals surface area contributed by atoms with Gasteiger partial charge in [-0.15, -0.1) is 11.8 Å². The molecule has 1 aromatic carbocycles. The normalized spacial score (nSPS) is 14.0. The minimum absolute atomic E-state index is 0.0673. The molecule has 1 atom stereocenters. The Hall–Kier alpha value is -2.26. The van der Waals surface area contributed by atoms with Gasteiger partial charge < -0.3 is 14.8 Å². The smallest absolute Gasteiger partial charge is 0.337 e. The van der Waals surface area contributed by atoms with E-state index >= 15 is 0 Å². The van der Waals surface area contributed by atoms with E-state index in [1.807, 2.05) is 25.1 Å². The summed E-state index contributed by atoms with van der Waals surface area (Å²) in [6.45, 7) is 2.92. The molecule has 132 valence electrons. The van der Waals surface area contributed by atoms with E-state index in [9.17, 15) is 14.9 Å². The Morgan fingerprint density at radius 1 is 1.36 bits per heavy atom. The maximum atomic E-state index is 12.1. The number of thioether (sulfide) groups is 1. The number of amides is 1. The van der Waals surface area contributed by atoms with Crippen LogP contribution in [0, 0.1) is 10.1 Å². The first-order valence-corrected chi connectivity index (χ1v) is 9.44. The second kappa shape index (κ2) is 7.75. The second-order valence-electron chi connectivity index (χ2n) is 5.33. The molecular weight excluding hydrogens is 364 g/mol. The van der Waals surface area contributed by atoms with Crippen LogP contribution in [-0.2, 0) is 4.79 Å². The largest absolute Gasteiger partial charge is 0.486 e. The zero-order valence-corrected chi connectivity index (χ0v) is 15.0. The molecule has 0 bridgehead atoms. The molecule has 1 N–H and O–H groups in total. The topological polar surface area (TPSA) is 90.7 Å². The minimum atomic E-state index is -0.428. The van der Waals surface area contributed by atoms with Crippen LogP contribution in [0.5, 0.6) is 11.5 Å². The molecule has 0 saturated heterocycles. The SMILES string of the molecule is C[C@@H](NC(=O)CSc1ccsc1[N+](=O)[O-])c1ccc2c(c1)OCCO2. The van der Waals surface area contributed by atoms with Gasteiger partial charge in [-0.1, -0.05) is 17.4 Å². The molecule has 3 rings (SSSR count). The van der Waals surface area contributed by atoms with Gasteiger partial charge in [0.25, 0.3) is 0 Å². The highest BCUT2D eigenvalue weighted by Crippen LogP contribution is 2.34. The number of carbonyl (C=O) groups is 1. The second-order valence-corrected chi connectivity index (χ2v) is 7.24. The molecule has 2 aromatic rings. The highest BCUT2D eigenvalue weighted by atomic mass is 32.2. The molecule has 0 aliphatic carbocycles. The summed E-state index contributed by atoms with van der Waals surface area (Å²) < 4.78 is 11.0. The van der Waals surface area contributed by atoms with Crippen LogP contribution in [0.4, 0.5) is 5.00 Å². The number of fused-ring (bicyclic) bond motifs is 1. The molecule has 0 fully saturated rings. The number of nitro groups is 1. The van der Waals surface area contributed by atoms with Gasteiger partial charge in [0.2, 0.25) is 5.91 Å². The number of ether oxygens (including phenoxy) is 2. The molecule has 0 radical (unpaired) electrons. The molecule has 1 aromatic heterocycles. The van der Waals surface area contributed by atoms with Gasteiger partial charge in [0.1, 0.15) is 13.2 Å². The summed E-state index contributed by atoms with van der Waals surface area (Å²) in [4.78, 5) is 23.1. The van der Waals surface area contributed by atoms with Gasteiger partial charge in [-0.3, -0.25) is 14.9 Å². The number of carbonyl (C=O) groups excluding carboxylic acids is 1. The van der Waals surface area contributed by atoms with Crippen molar-refractivity contribution < 1.29 is 19.2 Å². The van der Waals surface area contributed by atoms with Gasteiger partial charge in [-0.25, -0.2) is 0 Å². The first-order chi connectivity index (χ1) is 12.0. The highest BCUT2D eigenvalue weighted by molar-refractivity contribution is 8.00. The van der Waals surface area contributed by atoms with Crippen molar-refractivity contribution in [1.29, 1.82) is 0 Å². The van der Waals surface area contributed by atoms with Crippen molar-refractivity contribution in [2.24, 2.45) is 0 Å². The number of benzene rings is 1. The third-order valence-corrected chi connectivity index (χ3v) is 5.62. The van der Waals surface area contributed by atoms with Gasteiger partial charge in [-0.05, 0) is 36.1 Å². The van der Waals surface area contributed by atoms with E-state index in [1.54, 1.807) is 11.4 Å². The first-order valence-electron chi connectivity index (χ1n) is 7.58. The predicted molar refractivity (Wildman–Crippen MR) is 95.7 cm³/mol. The van der Waals surface area contributed by atoms with E-state index in [0.717, 1.165) is 28.7 Å². The zero-order chi connectivity index (χ0) is 17.8. The van der Waals surface area contributed by atoms with E-state index in [-0.39, 0.29) is 22.7 Å². The van der Waals surface area contributed by atoms with Gasteiger partial charge in [0.05, 0.1) is 21.6 Å². The average Bonchev–Trinajstić information content (AvgIpc) is 3.08. The van der Waals surface area contributed by atoms with Crippen LogP contribution in [0.25, 0.3) is 0 Å². The fourth-order valence-electron chi connectivity index (χ4n) is 2.37. The summed E-state index contributed by atoms with van der Waals surface area (Å²) >= 11 is 2.22. The Balaban J connectivity index is 1.57. The number of nitrogens with zero attached hydrogens (tertiary/aromatic N) is 1. The van der Waals surface area contributed by atoms with Crippen molar-refractivity contribution in [2.45, 2.75) is 17.9 Å². The molecule has 0 saturated carbocycles. The van der Waals surface area contributed by atoms with E-state index in [1.165, 1.54) is 0 Å². The molecule has 7 nitrogen and oxygen atoms in total. The Labute approximate surface area is 152 Å². The zero-order valence-electron chi connectivity index (χ0n) is 13.4. The lowest BCUT2D eigenvalue weighted by Crippen LogP contribution is -2.28. The Morgan fingerprint density at radius 3 is 2.88 bits per heavy atom. The molecule has 25 heavy (non-hydrogen) atoms. The van der Waals surface area contributed by atoms with Crippen LogP contribution in [0.1, 0.15) is 18.5 Å². The quantitative estimate of drug-likeness (QED) is 0.469. The maximum absolute atomic E-state index is 12.1. The Bertz CT molecular complexity index is 793. The van der Waals surface area contributed by atoms with Gasteiger partial charge in [0.15, 0.2) is 11.5 Å². The van der Waals surface area contributed by atoms with Crippen molar-refractivity contribution in [3.05, 3.63) is 45.3 Å². The summed E-state index contributed by atoms with van der Waals surface area (Å²) in [5, 5.41) is 15.5. The first kappa shape index (κ1) is 17.6. The van der Waals surface area contributed by atoms with Crippen molar-refractivity contribution in [1.82, 2.24) is 5.32 Å². The van der Waals surface area contributed by atoms with Crippen molar-refractivity contribution in [3.8, 4) is 11.5 Å². The predicted octanol–water partition coefficient (Wildman–Crippen LogP) is 3.40. The van der Waals surface area contributed by atoms with E-state index < -0.39 is 4.92 Å². The number of hydrogen-bond acceptors (Lipinski definition) is 7. The van der Waals surface area contributed by atoms with Gasteiger partial charge in [0, 0.05) is 0 Å². The van der Waals surface area contributed by atoms with Crippen LogP contribution in [0.3, 0.4) is 0 Å². The van der Waals surface area contributed by atoms with Crippen LogP contribution in [0.2, 0.25) is 0 Å². The van der Waals surface area contributed by atoms with Crippen LogP contribution < -0.4 is 14.8 Å². The monoisotopic (exact) mass is 380 g/mol. The number of thiophene rings is 1. The summed E-state index contributed by atoms with van der Waals surface area (Å²) in [5.74, 6) is 1.31. The molecule has 0 spiro atoms. The summed E-state index contributed by atoms with van der Waals surface area (Å²) in [7, 11) is 0. The average molecular weight is 380 g/mol. The molecule has 1 aliphatic heterocycles. The molecular formula is C16H16N2O5S2. The summed E-state index contributed by atoms with van der Waals surface area (Å²) in [6.07, 6.45) is 0. The van der Waals surface area contributed by atoms with Gasteiger partial charge in [-0.2, -0.15) is 0 Å². The fraction of sp³-hybridized carbons (Fsp3) is 0.312. The molecule has 1 aliphatic rings. The lowest BCUT2D eigenvalue weighted by molar-refractivity contribution is -0.382. The fourth-order valence-corrected chi connectivity index (χ4v) is 4.11. The number of nitrogens with one attached hydrogen (secondary N) is 1. The number of hydrogen-bond donors (Lipinski definition) is 1. The highest BCUT2D eigenvalue weighted by Gasteiger charge is 2.19. The molecule has 2 heterocycles. The summed E-state index contributed by atoms with van der Waals surface area (Å²) in [5.41, 5.74) is 0.907. The minimum Gasteiger partial charge on any atom is -0.486 e. The molecule has 9 heteroatoms. The Morgan fingerprint density at radius 2 is 2.12 bits per heavy atom. The van der Waals surface area contributed by atoms with Crippen molar-refractivity contribution in [2.75, 3.05) is 19.0 Å². The lowest BCUT2D eigenvalue weighted by atomic mass is 10.1. The molecule has 0 unspecified atom stereocenters. The lowest BCUT2D eigenvalue weighted by Gasteiger charge is -2.21. The Kier molecular flexibility index (Phi) is 5.44. The third kappa shape index (κ3) is 4.23.